The Bertz CT molecular complexity index is 741. The van der Waals surface area contributed by atoms with Crippen LogP contribution in [-0.2, 0) is 7.05 Å². The first-order chi connectivity index (χ1) is 8.22. The average Bonchev–Trinajstić information content (AvgIpc) is 2.63. The molecule has 0 spiro atoms. The van der Waals surface area contributed by atoms with Crippen molar-refractivity contribution in [2.24, 2.45) is 7.05 Å². The average molecular weight is 224 g/mol. The van der Waals surface area contributed by atoms with Gasteiger partial charge in [0, 0.05) is 17.8 Å². The van der Waals surface area contributed by atoms with Crippen molar-refractivity contribution in [3.05, 3.63) is 41.6 Å². The molecule has 0 atom stereocenters. The SMILES string of the molecule is Cc1cc2c3ccccc3n(C)c2nc1C=O. The first-order valence-electron chi connectivity index (χ1n) is 5.52. The number of carbonyl (C=O) groups excluding carboxylic acids is 1. The van der Waals surface area contributed by atoms with Crippen LogP contribution in [0.2, 0.25) is 0 Å². The summed E-state index contributed by atoms with van der Waals surface area (Å²) in [5.74, 6) is 0. The van der Waals surface area contributed by atoms with Gasteiger partial charge in [0.15, 0.2) is 6.29 Å². The second-order valence-electron chi connectivity index (χ2n) is 4.26. The van der Waals surface area contributed by atoms with Crippen molar-refractivity contribution in [3.63, 3.8) is 0 Å². The van der Waals surface area contributed by atoms with E-state index in [1.54, 1.807) is 0 Å². The van der Waals surface area contributed by atoms with Crippen LogP contribution in [0.25, 0.3) is 21.9 Å². The minimum atomic E-state index is 0.517. The van der Waals surface area contributed by atoms with Gasteiger partial charge in [0.25, 0.3) is 0 Å². The quantitative estimate of drug-likeness (QED) is 0.596. The molecule has 3 aromatic rings. The fourth-order valence-corrected chi connectivity index (χ4v) is 2.30. The zero-order chi connectivity index (χ0) is 12.0. The normalized spacial score (nSPS) is 11.2. The maximum Gasteiger partial charge on any atom is 0.168 e. The molecule has 0 N–H and O–H groups in total. The van der Waals surface area contributed by atoms with Crippen LogP contribution in [0.15, 0.2) is 30.3 Å². The summed E-state index contributed by atoms with van der Waals surface area (Å²) >= 11 is 0. The second-order valence-corrected chi connectivity index (χ2v) is 4.26. The molecule has 1 aromatic carbocycles. The van der Waals surface area contributed by atoms with Crippen molar-refractivity contribution >= 4 is 28.2 Å². The molecule has 0 aliphatic carbocycles. The van der Waals surface area contributed by atoms with Gasteiger partial charge in [-0.05, 0) is 24.6 Å². The van der Waals surface area contributed by atoms with Gasteiger partial charge in [0.2, 0.25) is 0 Å². The number of hydrogen-bond acceptors (Lipinski definition) is 2. The Labute approximate surface area is 98.7 Å². The molecule has 0 saturated carbocycles. The number of para-hydroxylation sites is 1. The Balaban J connectivity index is 2.57. The summed E-state index contributed by atoms with van der Waals surface area (Å²) in [7, 11) is 1.97. The molecule has 0 fully saturated rings. The lowest BCUT2D eigenvalue weighted by Crippen LogP contribution is -1.95. The van der Waals surface area contributed by atoms with Gasteiger partial charge in [0.1, 0.15) is 11.3 Å². The number of aromatic nitrogens is 2. The van der Waals surface area contributed by atoms with Gasteiger partial charge in [-0.15, -0.1) is 0 Å². The molecule has 0 bridgehead atoms. The third-order valence-corrected chi connectivity index (χ3v) is 3.22. The number of carbonyl (C=O) groups is 1. The lowest BCUT2D eigenvalue weighted by molar-refractivity contribution is 0.111. The van der Waals surface area contributed by atoms with Gasteiger partial charge in [0.05, 0.1) is 5.52 Å². The summed E-state index contributed by atoms with van der Waals surface area (Å²) in [5.41, 5.74) is 3.43. The van der Waals surface area contributed by atoms with E-state index in [-0.39, 0.29) is 0 Å². The van der Waals surface area contributed by atoms with E-state index in [1.165, 1.54) is 5.39 Å². The van der Waals surface area contributed by atoms with E-state index < -0.39 is 0 Å². The number of nitrogens with zero attached hydrogens (tertiary/aromatic N) is 2. The Morgan fingerprint density at radius 3 is 2.76 bits per heavy atom. The van der Waals surface area contributed by atoms with Gasteiger partial charge in [-0.2, -0.15) is 0 Å². The Kier molecular flexibility index (Phi) is 2.01. The number of aryl methyl sites for hydroxylation is 2. The van der Waals surface area contributed by atoms with Gasteiger partial charge >= 0.3 is 0 Å². The van der Waals surface area contributed by atoms with Crippen molar-refractivity contribution in [2.75, 3.05) is 0 Å². The van der Waals surface area contributed by atoms with Crippen LogP contribution < -0.4 is 0 Å². The number of benzene rings is 1. The Morgan fingerprint density at radius 2 is 2.00 bits per heavy atom. The fourth-order valence-electron chi connectivity index (χ4n) is 2.30. The summed E-state index contributed by atoms with van der Waals surface area (Å²) in [6.07, 6.45) is 0.812. The third-order valence-electron chi connectivity index (χ3n) is 3.22. The number of rotatable bonds is 1. The standard InChI is InChI=1S/C14H12N2O/c1-9-7-11-10-5-3-4-6-13(10)16(2)14(11)15-12(9)8-17/h3-8H,1-2H3. The largest absolute Gasteiger partial charge is 0.328 e. The number of hydrogen-bond donors (Lipinski definition) is 0. The van der Waals surface area contributed by atoms with Crippen molar-refractivity contribution in [1.29, 1.82) is 0 Å². The van der Waals surface area contributed by atoms with Crippen LogP contribution in [0.1, 0.15) is 16.1 Å². The Morgan fingerprint density at radius 1 is 1.24 bits per heavy atom. The van der Waals surface area contributed by atoms with Crippen molar-refractivity contribution in [1.82, 2.24) is 9.55 Å². The van der Waals surface area contributed by atoms with Gasteiger partial charge < -0.3 is 4.57 Å². The van der Waals surface area contributed by atoms with Crippen LogP contribution >= 0.6 is 0 Å². The topological polar surface area (TPSA) is 34.9 Å². The molecule has 3 heteroatoms. The van der Waals surface area contributed by atoms with Crippen LogP contribution in [-0.4, -0.2) is 15.8 Å². The molecule has 0 amide bonds. The molecule has 3 rings (SSSR count). The number of aldehydes is 1. The monoisotopic (exact) mass is 224 g/mol. The molecule has 0 aliphatic heterocycles. The van der Waals surface area contributed by atoms with Crippen molar-refractivity contribution < 1.29 is 4.79 Å². The van der Waals surface area contributed by atoms with Crippen molar-refractivity contribution in [3.8, 4) is 0 Å². The zero-order valence-corrected chi connectivity index (χ0v) is 9.77. The lowest BCUT2D eigenvalue weighted by atomic mass is 10.1. The molecule has 84 valence electrons. The third kappa shape index (κ3) is 1.29. The summed E-state index contributed by atoms with van der Waals surface area (Å²) in [6, 6.07) is 10.2. The summed E-state index contributed by atoms with van der Waals surface area (Å²) in [4.78, 5) is 15.4. The number of pyridine rings is 1. The molecular formula is C14H12N2O. The van der Waals surface area contributed by atoms with E-state index in [9.17, 15) is 4.79 Å². The fraction of sp³-hybridized carbons (Fsp3) is 0.143. The molecule has 3 nitrogen and oxygen atoms in total. The highest BCUT2D eigenvalue weighted by molar-refractivity contribution is 6.07. The predicted molar refractivity (Wildman–Crippen MR) is 68.3 cm³/mol. The van der Waals surface area contributed by atoms with E-state index >= 15 is 0 Å². The molecule has 2 aromatic heterocycles. The molecular weight excluding hydrogens is 212 g/mol. The molecule has 0 aliphatic rings. The van der Waals surface area contributed by atoms with Gasteiger partial charge in [-0.3, -0.25) is 4.79 Å². The minimum Gasteiger partial charge on any atom is -0.328 e. The van der Waals surface area contributed by atoms with E-state index in [1.807, 2.05) is 36.7 Å². The predicted octanol–water partition coefficient (Wildman–Crippen LogP) is 2.85. The molecule has 0 saturated heterocycles. The molecule has 2 heterocycles. The highest BCUT2D eigenvalue weighted by Crippen LogP contribution is 2.27. The highest BCUT2D eigenvalue weighted by Gasteiger charge is 2.11. The van der Waals surface area contributed by atoms with Crippen molar-refractivity contribution in [2.45, 2.75) is 6.92 Å². The first kappa shape index (κ1) is 10.0. The first-order valence-corrected chi connectivity index (χ1v) is 5.52. The smallest absolute Gasteiger partial charge is 0.168 e. The van der Waals surface area contributed by atoms with Crippen LogP contribution in [0.5, 0.6) is 0 Å². The van der Waals surface area contributed by atoms with Gasteiger partial charge in [-0.25, -0.2) is 4.98 Å². The van der Waals surface area contributed by atoms with E-state index in [0.29, 0.717) is 5.69 Å². The van der Waals surface area contributed by atoms with Gasteiger partial charge in [-0.1, -0.05) is 18.2 Å². The van der Waals surface area contributed by atoms with E-state index in [4.69, 9.17) is 0 Å². The van der Waals surface area contributed by atoms with E-state index in [0.717, 1.165) is 28.4 Å². The summed E-state index contributed by atoms with van der Waals surface area (Å²) in [5, 5.41) is 2.28. The molecule has 17 heavy (non-hydrogen) atoms. The summed E-state index contributed by atoms with van der Waals surface area (Å²) in [6.45, 7) is 1.91. The minimum absolute atomic E-state index is 0.517. The second kappa shape index (κ2) is 3.42. The van der Waals surface area contributed by atoms with E-state index in [2.05, 4.69) is 17.1 Å². The zero-order valence-electron chi connectivity index (χ0n) is 9.77. The van der Waals surface area contributed by atoms with Crippen LogP contribution in [0.3, 0.4) is 0 Å². The summed E-state index contributed by atoms with van der Waals surface area (Å²) < 4.78 is 2.02. The van der Waals surface area contributed by atoms with Crippen LogP contribution in [0.4, 0.5) is 0 Å². The maximum absolute atomic E-state index is 10.9. The molecule has 0 radical (unpaired) electrons. The lowest BCUT2D eigenvalue weighted by Gasteiger charge is -2.00. The molecule has 0 unspecified atom stereocenters. The maximum atomic E-state index is 10.9. The number of fused-ring (bicyclic) bond motifs is 3. The van der Waals surface area contributed by atoms with Crippen LogP contribution in [0, 0.1) is 6.92 Å². The highest BCUT2D eigenvalue weighted by atomic mass is 16.1. The Hall–Kier alpha value is -2.16.